The lowest BCUT2D eigenvalue weighted by Crippen LogP contribution is -1.94. The Kier molecular flexibility index (Phi) is 3.07. The van der Waals surface area contributed by atoms with Crippen LogP contribution in [0.5, 0.6) is 11.6 Å². The number of ether oxygens (including phenoxy) is 1. The Labute approximate surface area is 119 Å². The number of anilines is 1. The summed E-state index contributed by atoms with van der Waals surface area (Å²) >= 11 is 0. The van der Waals surface area contributed by atoms with Crippen LogP contribution in [0.1, 0.15) is 0 Å². The third kappa shape index (κ3) is 2.57. The molecule has 0 aliphatic carbocycles. The molecule has 104 valence electrons. The minimum absolute atomic E-state index is 0.0466. The molecule has 2 N–H and O–H groups in total. The highest BCUT2D eigenvalue weighted by atomic mass is 16.6. The van der Waals surface area contributed by atoms with Crippen LogP contribution in [0.2, 0.25) is 0 Å². The molecule has 0 radical (unpaired) electrons. The van der Waals surface area contributed by atoms with Gasteiger partial charge in [-0.2, -0.15) is 0 Å². The quantitative estimate of drug-likeness (QED) is 0.450. The average Bonchev–Trinajstić information content (AvgIpc) is 2.47. The molecule has 0 fully saturated rings. The number of benzene rings is 2. The van der Waals surface area contributed by atoms with E-state index in [2.05, 4.69) is 9.97 Å². The fraction of sp³-hybridized carbons (Fsp3) is 0. The van der Waals surface area contributed by atoms with Crippen LogP contribution in [-0.4, -0.2) is 14.9 Å². The number of non-ortho nitro benzene ring substituents is 1. The molecule has 0 atom stereocenters. The molecule has 0 bridgehead atoms. The van der Waals surface area contributed by atoms with Gasteiger partial charge < -0.3 is 10.5 Å². The lowest BCUT2D eigenvalue weighted by atomic mass is 10.2. The van der Waals surface area contributed by atoms with E-state index in [4.69, 9.17) is 10.5 Å². The second kappa shape index (κ2) is 5.04. The predicted octanol–water partition coefficient (Wildman–Crippen LogP) is 2.91. The van der Waals surface area contributed by atoms with Crippen molar-refractivity contribution in [1.29, 1.82) is 0 Å². The van der Waals surface area contributed by atoms with Gasteiger partial charge >= 0.3 is 0 Å². The van der Waals surface area contributed by atoms with Crippen molar-refractivity contribution in [3.05, 3.63) is 58.9 Å². The number of nitro groups is 1. The lowest BCUT2D eigenvalue weighted by molar-refractivity contribution is -0.384. The van der Waals surface area contributed by atoms with Crippen molar-refractivity contribution in [2.45, 2.75) is 0 Å². The van der Waals surface area contributed by atoms with Crippen molar-refractivity contribution in [3.63, 3.8) is 0 Å². The lowest BCUT2D eigenvalue weighted by Gasteiger charge is -2.07. The molecule has 0 amide bonds. The largest absolute Gasteiger partial charge is 0.438 e. The smallest absolute Gasteiger partial charge is 0.270 e. The maximum absolute atomic E-state index is 10.9. The molecule has 1 aromatic heterocycles. The second-order valence-electron chi connectivity index (χ2n) is 4.31. The Morgan fingerprint density at radius 3 is 2.76 bits per heavy atom. The van der Waals surface area contributed by atoms with Crippen LogP contribution >= 0.6 is 0 Å². The standard InChI is InChI=1S/C14H10N4O3/c15-9-2-1-3-11(6-9)21-14-12-7-10(18(19)20)4-5-13(12)16-8-17-14/h1-8H,15H2. The zero-order chi connectivity index (χ0) is 14.8. The Morgan fingerprint density at radius 2 is 2.00 bits per heavy atom. The summed E-state index contributed by atoms with van der Waals surface area (Å²) < 4.78 is 5.65. The minimum atomic E-state index is -0.475. The van der Waals surface area contributed by atoms with Crippen LogP contribution in [0, 0.1) is 10.1 Å². The molecule has 1 heterocycles. The van der Waals surface area contributed by atoms with Crippen molar-refractivity contribution in [2.75, 3.05) is 5.73 Å². The van der Waals surface area contributed by atoms with Crippen LogP contribution in [0.3, 0.4) is 0 Å². The number of hydrogen-bond acceptors (Lipinski definition) is 6. The SMILES string of the molecule is Nc1cccc(Oc2ncnc3ccc([N+](=O)[O-])cc23)c1. The number of nitrogens with zero attached hydrogens (tertiary/aromatic N) is 3. The van der Waals surface area contributed by atoms with Crippen molar-refractivity contribution in [1.82, 2.24) is 9.97 Å². The molecule has 0 unspecified atom stereocenters. The fourth-order valence-corrected chi connectivity index (χ4v) is 1.91. The topological polar surface area (TPSA) is 104 Å². The van der Waals surface area contributed by atoms with Gasteiger partial charge in [-0.1, -0.05) is 6.07 Å². The van der Waals surface area contributed by atoms with Crippen LogP contribution < -0.4 is 10.5 Å². The summed E-state index contributed by atoms with van der Waals surface area (Å²) in [5.41, 5.74) is 6.76. The molecule has 7 heteroatoms. The number of nitrogen functional groups attached to an aromatic ring is 1. The molecule has 0 saturated heterocycles. The van der Waals surface area contributed by atoms with Gasteiger partial charge in [-0.3, -0.25) is 10.1 Å². The first-order valence-corrected chi connectivity index (χ1v) is 6.06. The van der Waals surface area contributed by atoms with E-state index in [1.54, 1.807) is 30.3 Å². The highest BCUT2D eigenvalue weighted by Crippen LogP contribution is 2.29. The van der Waals surface area contributed by atoms with E-state index in [9.17, 15) is 10.1 Å². The zero-order valence-corrected chi connectivity index (χ0v) is 10.8. The van der Waals surface area contributed by atoms with Crippen LogP contribution in [0.15, 0.2) is 48.8 Å². The normalized spacial score (nSPS) is 10.5. The van der Waals surface area contributed by atoms with Gasteiger partial charge in [-0.05, 0) is 18.2 Å². The number of rotatable bonds is 3. The van der Waals surface area contributed by atoms with Crippen LogP contribution in [0.4, 0.5) is 11.4 Å². The molecule has 2 aromatic carbocycles. The molecular weight excluding hydrogens is 272 g/mol. The van der Waals surface area contributed by atoms with E-state index in [1.807, 2.05) is 0 Å². The molecule has 21 heavy (non-hydrogen) atoms. The van der Waals surface area contributed by atoms with E-state index in [1.165, 1.54) is 18.5 Å². The van der Waals surface area contributed by atoms with Gasteiger partial charge in [0.1, 0.15) is 12.1 Å². The Bertz CT molecular complexity index is 835. The van der Waals surface area contributed by atoms with Crippen molar-refractivity contribution < 1.29 is 9.66 Å². The summed E-state index contributed by atoms with van der Waals surface area (Å²) in [5.74, 6) is 0.746. The maximum Gasteiger partial charge on any atom is 0.270 e. The summed E-state index contributed by atoms with van der Waals surface area (Å²) in [6.07, 6.45) is 1.34. The van der Waals surface area contributed by atoms with Gasteiger partial charge in [-0.15, -0.1) is 0 Å². The van der Waals surface area contributed by atoms with E-state index < -0.39 is 4.92 Å². The third-order valence-corrected chi connectivity index (χ3v) is 2.87. The monoisotopic (exact) mass is 282 g/mol. The van der Waals surface area contributed by atoms with Crippen LogP contribution in [-0.2, 0) is 0 Å². The highest BCUT2D eigenvalue weighted by Gasteiger charge is 2.12. The average molecular weight is 282 g/mol. The number of nitro benzene ring substituents is 1. The third-order valence-electron chi connectivity index (χ3n) is 2.87. The summed E-state index contributed by atoms with van der Waals surface area (Å²) in [5, 5.41) is 11.3. The Balaban J connectivity index is 2.09. The highest BCUT2D eigenvalue weighted by molar-refractivity contribution is 5.85. The van der Waals surface area contributed by atoms with E-state index in [0.29, 0.717) is 22.3 Å². The maximum atomic E-state index is 10.9. The predicted molar refractivity (Wildman–Crippen MR) is 77.1 cm³/mol. The minimum Gasteiger partial charge on any atom is -0.438 e. The van der Waals surface area contributed by atoms with E-state index in [0.717, 1.165) is 0 Å². The molecular formula is C14H10N4O3. The fourth-order valence-electron chi connectivity index (χ4n) is 1.91. The summed E-state index contributed by atoms with van der Waals surface area (Å²) in [7, 11) is 0. The van der Waals surface area contributed by atoms with Gasteiger partial charge in [0.25, 0.3) is 5.69 Å². The van der Waals surface area contributed by atoms with Crippen molar-refractivity contribution >= 4 is 22.3 Å². The zero-order valence-electron chi connectivity index (χ0n) is 10.8. The Hall–Kier alpha value is -3.22. The summed E-state index contributed by atoms with van der Waals surface area (Å²) in [4.78, 5) is 18.5. The van der Waals surface area contributed by atoms with Gasteiger partial charge in [0.05, 0.1) is 15.8 Å². The van der Waals surface area contributed by atoms with E-state index in [-0.39, 0.29) is 11.6 Å². The molecule has 0 saturated carbocycles. The van der Waals surface area contributed by atoms with Crippen LogP contribution in [0.25, 0.3) is 10.9 Å². The summed E-state index contributed by atoms with van der Waals surface area (Å²) in [6.45, 7) is 0. The Morgan fingerprint density at radius 1 is 1.14 bits per heavy atom. The number of aromatic nitrogens is 2. The van der Waals surface area contributed by atoms with Gasteiger partial charge in [0.2, 0.25) is 5.88 Å². The summed E-state index contributed by atoms with van der Waals surface area (Å²) in [6, 6.07) is 11.2. The van der Waals surface area contributed by atoms with Gasteiger partial charge in [-0.25, -0.2) is 9.97 Å². The molecule has 0 aliphatic heterocycles. The first kappa shape index (κ1) is 12.8. The van der Waals surface area contributed by atoms with Gasteiger partial charge in [0, 0.05) is 23.9 Å². The molecule has 3 rings (SSSR count). The molecule has 7 nitrogen and oxygen atoms in total. The van der Waals surface area contributed by atoms with Crippen molar-refractivity contribution in [3.8, 4) is 11.6 Å². The van der Waals surface area contributed by atoms with Gasteiger partial charge in [0.15, 0.2) is 0 Å². The number of hydrogen-bond donors (Lipinski definition) is 1. The number of nitrogens with two attached hydrogens (primary N) is 1. The molecule has 3 aromatic rings. The van der Waals surface area contributed by atoms with E-state index >= 15 is 0 Å². The number of fused-ring (bicyclic) bond motifs is 1. The molecule has 0 spiro atoms. The first-order valence-electron chi connectivity index (χ1n) is 6.06. The van der Waals surface area contributed by atoms with Crippen molar-refractivity contribution in [2.24, 2.45) is 0 Å². The molecule has 0 aliphatic rings. The first-order chi connectivity index (χ1) is 10.1. The second-order valence-corrected chi connectivity index (χ2v) is 4.31.